The van der Waals surface area contributed by atoms with Gasteiger partial charge in [0.1, 0.15) is 5.75 Å². The second-order valence-corrected chi connectivity index (χ2v) is 5.53. The number of carbonyl (C=O) groups is 1. The molecule has 0 aliphatic carbocycles. The number of ether oxygens (including phenoxy) is 1. The summed E-state index contributed by atoms with van der Waals surface area (Å²) < 4.78 is 5.55. The van der Waals surface area contributed by atoms with Crippen molar-refractivity contribution in [3.05, 3.63) is 29.8 Å². The molecule has 0 bridgehead atoms. The van der Waals surface area contributed by atoms with Gasteiger partial charge in [-0.1, -0.05) is 12.1 Å². The molecule has 110 valence electrons. The third kappa shape index (κ3) is 3.12. The molecule has 1 N–H and O–H groups in total. The Kier molecular flexibility index (Phi) is 4.65. The number of nitrogens with zero attached hydrogens (tertiary/aromatic N) is 1. The van der Waals surface area contributed by atoms with Crippen LogP contribution in [0.4, 0.5) is 0 Å². The summed E-state index contributed by atoms with van der Waals surface area (Å²) in [5.74, 6) is 0.758. The average Bonchev–Trinajstić information content (AvgIpc) is 2.48. The quantitative estimate of drug-likeness (QED) is 0.917. The number of para-hydroxylation sites is 1. The molecule has 0 aromatic heterocycles. The lowest BCUT2D eigenvalue weighted by atomic mass is 9.89. The molecule has 1 heterocycles. The van der Waals surface area contributed by atoms with Crippen molar-refractivity contribution in [2.75, 3.05) is 26.7 Å². The predicted octanol–water partition coefficient (Wildman–Crippen LogP) is 2.30. The fourth-order valence-electron chi connectivity index (χ4n) is 2.55. The summed E-state index contributed by atoms with van der Waals surface area (Å²) in [5.41, 5.74) is 0.818. The molecule has 1 saturated heterocycles. The molecule has 1 fully saturated rings. The van der Waals surface area contributed by atoms with Gasteiger partial charge in [-0.2, -0.15) is 0 Å². The molecule has 0 unspecified atom stereocenters. The average molecular weight is 276 g/mol. The number of nitrogens with one attached hydrogen (secondary N) is 1. The molecule has 20 heavy (non-hydrogen) atoms. The van der Waals surface area contributed by atoms with Crippen LogP contribution >= 0.6 is 0 Å². The number of rotatable bonds is 4. The van der Waals surface area contributed by atoms with E-state index < -0.39 is 0 Å². The maximum absolute atomic E-state index is 12.6. The van der Waals surface area contributed by atoms with E-state index in [1.54, 1.807) is 0 Å². The lowest BCUT2D eigenvalue weighted by molar-refractivity contribution is 0.0658. The van der Waals surface area contributed by atoms with Crippen LogP contribution in [0.25, 0.3) is 0 Å². The molecule has 1 aliphatic heterocycles. The van der Waals surface area contributed by atoms with Gasteiger partial charge in [-0.25, -0.2) is 0 Å². The Hall–Kier alpha value is -1.55. The second kappa shape index (κ2) is 6.27. The Labute approximate surface area is 121 Å². The lowest BCUT2D eigenvalue weighted by Gasteiger charge is -2.39. The number of piperidine rings is 1. The van der Waals surface area contributed by atoms with Crippen molar-refractivity contribution >= 4 is 5.91 Å². The fourth-order valence-corrected chi connectivity index (χ4v) is 2.55. The van der Waals surface area contributed by atoms with Gasteiger partial charge in [0.05, 0.1) is 12.2 Å². The van der Waals surface area contributed by atoms with Crippen molar-refractivity contribution < 1.29 is 9.53 Å². The van der Waals surface area contributed by atoms with E-state index >= 15 is 0 Å². The van der Waals surface area contributed by atoms with Crippen LogP contribution in [0.3, 0.4) is 0 Å². The summed E-state index contributed by atoms with van der Waals surface area (Å²) in [6.45, 7) is 6.29. The van der Waals surface area contributed by atoms with Crippen LogP contribution in [0.5, 0.6) is 5.75 Å². The fraction of sp³-hybridized carbons (Fsp3) is 0.562. The van der Waals surface area contributed by atoms with Crippen molar-refractivity contribution in [1.29, 1.82) is 0 Å². The van der Waals surface area contributed by atoms with Gasteiger partial charge in [0.25, 0.3) is 5.91 Å². The minimum atomic E-state index is 0.0761. The van der Waals surface area contributed by atoms with Gasteiger partial charge in [-0.05, 0) is 45.9 Å². The van der Waals surface area contributed by atoms with E-state index in [4.69, 9.17) is 4.74 Å². The molecule has 1 aromatic carbocycles. The molecular weight excluding hydrogens is 252 g/mol. The third-order valence-corrected chi connectivity index (χ3v) is 4.18. The van der Waals surface area contributed by atoms with Crippen LogP contribution in [0.15, 0.2) is 24.3 Å². The highest BCUT2D eigenvalue weighted by molar-refractivity contribution is 5.97. The topological polar surface area (TPSA) is 41.6 Å². The number of carbonyl (C=O) groups excluding carboxylic acids is 1. The van der Waals surface area contributed by atoms with E-state index in [2.05, 4.69) is 12.2 Å². The number of benzene rings is 1. The van der Waals surface area contributed by atoms with Gasteiger partial charge in [0.15, 0.2) is 0 Å². The molecule has 0 radical (unpaired) electrons. The van der Waals surface area contributed by atoms with E-state index in [0.29, 0.717) is 17.9 Å². The molecule has 0 atom stereocenters. The number of hydrogen-bond donors (Lipinski definition) is 1. The summed E-state index contributed by atoms with van der Waals surface area (Å²) in [6, 6.07) is 7.49. The SMILES string of the molecule is CCOc1ccccc1C(=O)N1CCC(C)(NC)CC1. The van der Waals surface area contributed by atoms with E-state index in [-0.39, 0.29) is 11.4 Å². The third-order valence-electron chi connectivity index (χ3n) is 4.18. The van der Waals surface area contributed by atoms with E-state index in [1.807, 2.05) is 43.1 Å². The van der Waals surface area contributed by atoms with E-state index in [1.165, 1.54) is 0 Å². The first kappa shape index (κ1) is 14.9. The van der Waals surface area contributed by atoms with Crippen LogP contribution in [-0.4, -0.2) is 43.1 Å². The van der Waals surface area contributed by atoms with Crippen LogP contribution < -0.4 is 10.1 Å². The number of likely N-dealkylation sites (tertiary alicyclic amines) is 1. The van der Waals surface area contributed by atoms with Crippen LogP contribution in [-0.2, 0) is 0 Å². The highest BCUT2D eigenvalue weighted by atomic mass is 16.5. The van der Waals surface area contributed by atoms with Crippen LogP contribution in [0, 0.1) is 0 Å². The monoisotopic (exact) mass is 276 g/mol. The summed E-state index contributed by atoms with van der Waals surface area (Å²) in [7, 11) is 1.99. The smallest absolute Gasteiger partial charge is 0.257 e. The van der Waals surface area contributed by atoms with Crippen LogP contribution in [0.2, 0.25) is 0 Å². The molecule has 2 rings (SSSR count). The first-order valence-corrected chi connectivity index (χ1v) is 7.29. The van der Waals surface area contributed by atoms with Crippen molar-refractivity contribution in [2.24, 2.45) is 0 Å². The highest BCUT2D eigenvalue weighted by Crippen LogP contribution is 2.25. The second-order valence-electron chi connectivity index (χ2n) is 5.53. The molecule has 0 spiro atoms. The standard InChI is InChI=1S/C16H24N2O2/c1-4-20-14-8-6-5-7-13(14)15(19)18-11-9-16(2,17-3)10-12-18/h5-8,17H,4,9-12H2,1-3H3. The Morgan fingerprint density at radius 2 is 2.00 bits per heavy atom. The maximum Gasteiger partial charge on any atom is 0.257 e. The highest BCUT2D eigenvalue weighted by Gasteiger charge is 2.31. The molecule has 4 nitrogen and oxygen atoms in total. The van der Waals surface area contributed by atoms with E-state index in [0.717, 1.165) is 25.9 Å². The van der Waals surface area contributed by atoms with Crippen molar-refractivity contribution in [1.82, 2.24) is 10.2 Å². The molecule has 1 aliphatic rings. The number of amides is 1. The van der Waals surface area contributed by atoms with Gasteiger partial charge < -0.3 is 15.0 Å². The van der Waals surface area contributed by atoms with E-state index in [9.17, 15) is 4.79 Å². The maximum atomic E-state index is 12.6. The first-order valence-electron chi connectivity index (χ1n) is 7.29. The minimum absolute atomic E-state index is 0.0761. The van der Waals surface area contributed by atoms with Crippen molar-refractivity contribution in [3.63, 3.8) is 0 Å². The van der Waals surface area contributed by atoms with Crippen molar-refractivity contribution in [3.8, 4) is 5.75 Å². The van der Waals surface area contributed by atoms with Gasteiger partial charge in [0, 0.05) is 18.6 Å². The Balaban J connectivity index is 2.09. The Morgan fingerprint density at radius 1 is 1.35 bits per heavy atom. The normalized spacial score (nSPS) is 17.9. The van der Waals surface area contributed by atoms with Crippen LogP contribution in [0.1, 0.15) is 37.0 Å². The zero-order valence-electron chi connectivity index (χ0n) is 12.6. The summed E-state index contributed by atoms with van der Waals surface area (Å²) in [4.78, 5) is 14.5. The predicted molar refractivity (Wildman–Crippen MR) is 80.2 cm³/mol. The molecule has 0 saturated carbocycles. The largest absolute Gasteiger partial charge is 0.493 e. The van der Waals surface area contributed by atoms with Gasteiger partial charge in [0.2, 0.25) is 0 Å². The molecule has 4 heteroatoms. The summed E-state index contributed by atoms with van der Waals surface area (Å²) in [6.07, 6.45) is 1.96. The molecular formula is C16H24N2O2. The Morgan fingerprint density at radius 3 is 2.60 bits per heavy atom. The molecule has 1 aromatic rings. The minimum Gasteiger partial charge on any atom is -0.493 e. The Bertz CT molecular complexity index is 465. The lowest BCUT2D eigenvalue weighted by Crippen LogP contribution is -2.51. The van der Waals surface area contributed by atoms with Gasteiger partial charge in [-0.15, -0.1) is 0 Å². The molecule has 1 amide bonds. The zero-order chi connectivity index (χ0) is 14.6. The summed E-state index contributed by atoms with van der Waals surface area (Å²) in [5, 5.41) is 3.35. The van der Waals surface area contributed by atoms with Gasteiger partial charge in [-0.3, -0.25) is 4.79 Å². The number of hydrogen-bond acceptors (Lipinski definition) is 3. The zero-order valence-corrected chi connectivity index (χ0v) is 12.6. The summed E-state index contributed by atoms with van der Waals surface area (Å²) >= 11 is 0. The first-order chi connectivity index (χ1) is 9.59. The van der Waals surface area contributed by atoms with Crippen molar-refractivity contribution in [2.45, 2.75) is 32.2 Å². The van der Waals surface area contributed by atoms with Gasteiger partial charge >= 0.3 is 0 Å².